The van der Waals surface area contributed by atoms with E-state index in [1.807, 2.05) is 13.8 Å². The Labute approximate surface area is 90.4 Å². The molecule has 0 aromatic heterocycles. The molecule has 0 aliphatic carbocycles. The minimum absolute atomic E-state index is 0.0600. The summed E-state index contributed by atoms with van der Waals surface area (Å²) in [5.41, 5.74) is -0.0600. The third-order valence-corrected chi connectivity index (χ3v) is 2.58. The van der Waals surface area contributed by atoms with Crippen molar-refractivity contribution in [1.29, 1.82) is 0 Å². The Hall–Kier alpha value is -0.250. The number of nitrogens with one attached hydrogen (secondary N) is 1. The van der Waals surface area contributed by atoms with E-state index >= 15 is 0 Å². The molecule has 1 N–H and O–H groups in total. The number of unbranched alkanes of at least 4 members (excludes halogenated alkanes) is 1. The van der Waals surface area contributed by atoms with Crippen LogP contribution in [0.5, 0.6) is 0 Å². The van der Waals surface area contributed by atoms with Gasteiger partial charge in [0.1, 0.15) is 6.04 Å². The molecule has 0 spiro atoms. The molecule has 0 rings (SSSR count). The topological polar surface area (TPSA) is 12.0 Å². The molecule has 1 atom stereocenters. The molecule has 1 unspecified atom stereocenters. The molecule has 0 radical (unpaired) electrons. The molecular formula is C11H22F3N. The third kappa shape index (κ3) is 6.77. The molecule has 0 saturated heterocycles. The molecule has 0 bridgehead atoms. The van der Waals surface area contributed by atoms with Gasteiger partial charge >= 0.3 is 6.18 Å². The van der Waals surface area contributed by atoms with Crippen molar-refractivity contribution in [2.45, 2.75) is 59.2 Å². The van der Waals surface area contributed by atoms with Crippen LogP contribution in [0.15, 0.2) is 0 Å². The normalized spacial score (nSPS) is 15.4. The van der Waals surface area contributed by atoms with Crippen LogP contribution in [0.4, 0.5) is 13.2 Å². The summed E-state index contributed by atoms with van der Waals surface area (Å²) in [4.78, 5) is 0. The van der Waals surface area contributed by atoms with Gasteiger partial charge in [-0.25, -0.2) is 0 Å². The van der Waals surface area contributed by atoms with Gasteiger partial charge in [0.05, 0.1) is 0 Å². The quantitative estimate of drug-likeness (QED) is 0.726. The molecule has 15 heavy (non-hydrogen) atoms. The van der Waals surface area contributed by atoms with Crippen LogP contribution in [0.25, 0.3) is 0 Å². The summed E-state index contributed by atoms with van der Waals surface area (Å²) < 4.78 is 36.6. The minimum Gasteiger partial charge on any atom is -0.306 e. The van der Waals surface area contributed by atoms with Crippen LogP contribution in [0.1, 0.15) is 47.0 Å². The van der Waals surface area contributed by atoms with Gasteiger partial charge in [-0.2, -0.15) is 13.2 Å². The predicted molar refractivity (Wildman–Crippen MR) is 56.8 cm³/mol. The van der Waals surface area contributed by atoms with Gasteiger partial charge in [-0.15, -0.1) is 0 Å². The number of hydrogen-bond acceptors (Lipinski definition) is 1. The van der Waals surface area contributed by atoms with Crippen LogP contribution in [-0.2, 0) is 0 Å². The summed E-state index contributed by atoms with van der Waals surface area (Å²) in [5.74, 6) is 0. The predicted octanol–water partition coefficient (Wildman–Crippen LogP) is 3.74. The molecule has 0 aliphatic rings. The fourth-order valence-corrected chi connectivity index (χ4v) is 1.29. The number of rotatable bonds is 6. The summed E-state index contributed by atoms with van der Waals surface area (Å²) in [7, 11) is 0. The van der Waals surface area contributed by atoms with Crippen molar-refractivity contribution in [3.8, 4) is 0 Å². The number of halogens is 3. The Morgan fingerprint density at radius 2 is 1.73 bits per heavy atom. The SMILES string of the molecule is CCCCC(C)(C)CNC(C)C(F)(F)F. The van der Waals surface area contributed by atoms with E-state index in [1.165, 1.54) is 0 Å². The second-order valence-corrected chi connectivity index (χ2v) is 4.91. The third-order valence-electron chi connectivity index (χ3n) is 2.58. The van der Waals surface area contributed by atoms with E-state index in [2.05, 4.69) is 12.2 Å². The molecule has 1 nitrogen and oxygen atoms in total. The first kappa shape index (κ1) is 14.8. The van der Waals surface area contributed by atoms with Crippen LogP contribution in [0.2, 0.25) is 0 Å². The summed E-state index contributed by atoms with van der Waals surface area (Å²) >= 11 is 0. The van der Waals surface area contributed by atoms with E-state index in [0.29, 0.717) is 6.54 Å². The van der Waals surface area contributed by atoms with Crippen molar-refractivity contribution in [3.05, 3.63) is 0 Å². The molecule has 0 heterocycles. The Kier molecular flexibility index (Phi) is 5.63. The lowest BCUT2D eigenvalue weighted by Gasteiger charge is -2.27. The second kappa shape index (κ2) is 5.73. The monoisotopic (exact) mass is 225 g/mol. The molecule has 0 amide bonds. The van der Waals surface area contributed by atoms with E-state index in [4.69, 9.17) is 0 Å². The summed E-state index contributed by atoms with van der Waals surface area (Å²) in [5, 5.41) is 2.55. The van der Waals surface area contributed by atoms with Gasteiger partial charge < -0.3 is 5.32 Å². The van der Waals surface area contributed by atoms with E-state index in [-0.39, 0.29) is 5.41 Å². The lowest BCUT2D eigenvalue weighted by Crippen LogP contribution is -2.43. The second-order valence-electron chi connectivity index (χ2n) is 4.91. The van der Waals surface area contributed by atoms with Crippen molar-refractivity contribution in [2.75, 3.05) is 6.54 Å². The van der Waals surface area contributed by atoms with Crippen LogP contribution >= 0.6 is 0 Å². The zero-order valence-corrected chi connectivity index (χ0v) is 10.0. The molecule has 4 heteroatoms. The highest BCUT2D eigenvalue weighted by Crippen LogP contribution is 2.24. The van der Waals surface area contributed by atoms with E-state index < -0.39 is 12.2 Å². The van der Waals surface area contributed by atoms with Gasteiger partial charge in [-0.3, -0.25) is 0 Å². The lowest BCUT2D eigenvalue weighted by molar-refractivity contribution is -0.152. The summed E-state index contributed by atoms with van der Waals surface area (Å²) in [6.45, 7) is 7.66. The molecule has 0 aromatic carbocycles. The van der Waals surface area contributed by atoms with Crippen molar-refractivity contribution < 1.29 is 13.2 Å². The summed E-state index contributed by atoms with van der Waals surface area (Å²) in [6.07, 6.45) is -1.03. The minimum atomic E-state index is -4.14. The van der Waals surface area contributed by atoms with Crippen LogP contribution < -0.4 is 5.32 Å². The molecular weight excluding hydrogens is 203 g/mol. The average molecular weight is 225 g/mol. The highest BCUT2D eigenvalue weighted by Gasteiger charge is 2.36. The first-order chi connectivity index (χ1) is 6.69. The van der Waals surface area contributed by atoms with Crippen LogP contribution in [-0.4, -0.2) is 18.8 Å². The number of hydrogen-bond donors (Lipinski definition) is 1. The number of alkyl halides is 3. The maximum atomic E-state index is 12.2. The largest absolute Gasteiger partial charge is 0.403 e. The van der Waals surface area contributed by atoms with Crippen LogP contribution in [0, 0.1) is 5.41 Å². The van der Waals surface area contributed by atoms with Gasteiger partial charge in [0.25, 0.3) is 0 Å². The lowest BCUT2D eigenvalue weighted by atomic mass is 9.87. The Balaban J connectivity index is 3.92. The maximum absolute atomic E-state index is 12.2. The summed E-state index contributed by atoms with van der Waals surface area (Å²) in [6, 6.07) is -1.42. The molecule has 0 aromatic rings. The van der Waals surface area contributed by atoms with Gasteiger partial charge in [0.15, 0.2) is 0 Å². The average Bonchev–Trinajstić information content (AvgIpc) is 2.09. The fourth-order valence-electron chi connectivity index (χ4n) is 1.29. The molecule has 0 fully saturated rings. The van der Waals surface area contributed by atoms with Crippen molar-refractivity contribution in [1.82, 2.24) is 5.32 Å². The fraction of sp³-hybridized carbons (Fsp3) is 1.00. The molecule has 92 valence electrons. The van der Waals surface area contributed by atoms with E-state index in [9.17, 15) is 13.2 Å². The first-order valence-electron chi connectivity index (χ1n) is 5.49. The van der Waals surface area contributed by atoms with E-state index in [0.717, 1.165) is 26.2 Å². The van der Waals surface area contributed by atoms with Crippen molar-refractivity contribution in [2.24, 2.45) is 5.41 Å². The maximum Gasteiger partial charge on any atom is 0.403 e. The Morgan fingerprint density at radius 1 is 1.20 bits per heavy atom. The zero-order valence-electron chi connectivity index (χ0n) is 10.0. The highest BCUT2D eigenvalue weighted by molar-refractivity contribution is 4.76. The Morgan fingerprint density at radius 3 is 2.13 bits per heavy atom. The van der Waals surface area contributed by atoms with Crippen LogP contribution in [0.3, 0.4) is 0 Å². The van der Waals surface area contributed by atoms with Gasteiger partial charge in [0, 0.05) is 6.54 Å². The molecule has 0 saturated carbocycles. The highest BCUT2D eigenvalue weighted by atomic mass is 19.4. The van der Waals surface area contributed by atoms with Gasteiger partial charge in [0.2, 0.25) is 0 Å². The van der Waals surface area contributed by atoms with Gasteiger partial charge in [-0.1, -0.05) is 33.6 Å². The Bertz CT molecular complexity index is 175. The van der Waals surface area contributed by atoms with Crippen molar-refractivity contribution >= 4 is 0 Å². The molecule has 0 aliphatic heterocycles. The standard InChI is InChI=1S/C11H22F3N/c1-5-6-7-10(3,4)8-15-9(2)11(12,13)14/h9,15H,5-8H2,1-4H3. The zero-order chi connectivity index (χ0) is 12.1. The van der Waals surface area contributed by atoms with Gasteiger partial charge in [-0.05, 0) is 18.8 Å². The first-order valence-corrected chi connectivity index (χ1v) is 5.49. The van der Waals surface area contributed by atoms with E-state index in [1.54, 1.807) is 0 Å². The van der Waals surface area contributed by atoms with Crippen molar-refractivity contribution in [3.63, 3.8) is 0 Å². The smallest absolute Gasteiger partial charge is 0.306 e.